The number of tetrazole rings is 1. The van der Waals surface area contributed by atoms with Crippen LogP contribution in [-0.2, 0) is 10.3 Å². The van der Waals surface area contributed by atoms with Gasteiger partial charge in [0.15, 0.2) is 0 Å². The third kappa shape index (κ3) is 3.20. The van der Waals surface area contributed by atoms with Crippen LogP contribution in [0.5, 0.6) is 0 Å². The lowest BCUT2D eigenvalue weighted by molar-refractivity contribution is -0.133. The van der Waals surface area contributed by atoms with Gasteiger partial charge in [-0.2, -0.15) is 0 Å². The van der Waals surface area contributed by atoms with Crippen molar-refractivity contribution in [2.24, 2.45) is 5.92 Å². The van der Waals surface area contributed by atoms with Gasteiger partial charge in [-0.1, -0.05) is 45.2 Å². The van der Waals surface area contributed by atoms with Gasteiger partial charge in [-0.05, 0) is 41.3 Å². The largest absolute Gasteiger partial charge is 0.344 e. The minimum atomic E-state index is -0.721. The molecule has 0 radical (unpaired) electrons. The molecule has 1 amide bonds. The first-order valence-corrected chi connectivity index (χ1v) is 9.59. The summed E-state index contributed by atoms with van der Waals surface area (Å²) in [5, 5.41) is 14.8. The first-order valence-electron chi connectivity index (χ1n) is 9.59. The van der Waals surface area contributed by atoms with Crippen molar-refractivity contribution in [3.05, 3.63) is 36.4 Å². The van der Waals surface area contributed by atoms with Crippen LogP contribution in [0.3, 0.4) is 0 Å². The Morgan fingerprint density at radius 1 is 1.22 bits per heavy atom. The Kier molecular flexibility index (Phi) is 4.63. The number of H-pyrrole nitrogens is 1. The molecule has 1 aliphatic carbocycles. The normalized spacial score (nSPS) is 17.9. The lowest BCUT2D eigenvalue weighted by Crippen LogP contribution is -2.52. The molecular formula is C19H25N7O. The summed E-state index contributed by atoms with van der Waals surface area (Å²) in [5.41, 5.74) is 1.15. The highest BCUT2D eigenvalue weighted by Crippen LogP contribution is 2.35. The van der Waals surface area contributed by atoms with E-state index in [1.165, 1.54) is 0 Å². The molecule has 2 heterocycles. The Morgan fingerprint density at radius 2 is 2.00 bits per heavy atom. The summed E-state index contributed by atoms with van der Waals surface area (Å²) in [6.07, 6.45) is 6.16. The number of amides is 1. The highest BCUT2D eigenvalue weighted by molar-refractivity contribution is 5.85. The Labute approximate surface area is 157 Å². The van der Waals surface area contributed by atoms with Crippen LogP contribution in [-0.4, -0.2) is 36.1 Å². The fourth-order valence-corrected chi connectivity index (χ4v) is 4.00. The van der Waals surface area contributed by atoms with E-state index in [0.717, 1.165) is 49.0 Å². The molecule has 2 aromatic heterocycles. The molecule has 0 aliphatic heterocycles. The fraction of sp³-hybridized carbons (Fsp3) is 0.526. The van der Waals surface area contributed by atoms with Gasteiger partial charge in [0, 0.05) is 0 Å². The summed E-state index contributed by atoms with van der Waals surface area (Å²) < 4.78 is 1.64. The maximum absolute atomic E-state index is 13.5. The molecule has 0 bridgehead atoms. The maximum atomic E-state index is 13.5. The van der Waals surface area contributed by atoms with Crippen molar-refractivity contribution in [2.45, 2.75) is 57.5 Å². The number of carbonyl (C=O) groups is 1. The van der Waals surface area contributed by atoms with Crippen molar-refractivity contribution in [3.63, 3.8) is 0 Å². The topological polar surface area (TPSA) is 101 Å². The Bertz CT molecular complexity index is 876. The number of aromatic amines is 1. The van der Waals surface area contributed by atoms with E-state index >= 15 is 0 Å². The van der Waals surface area contributed by atoms with Crippen LogP contribution in [0.15, 0.2) is 30.6 Å². The first-order chi connectivity index (χ1) is 13.1. The van der Waals surface area contributed by atoms with Crippen molar-refractivity contribution < 1.29 is 4.79 Å². The maximum Gasteiger partial charge on any atom is 0.248 e. The minimum absolute atomic E-state index is 0.0337. The molecule has 8 heteroatoms. The van der Waals surface area contributed by atoms with Crippen molar-refractivity contribution >= 4 is 16.9 Å². The van der Waals surface area contributed by atoms with E-state index in [4.69, 9.17) is 4.98 Å². The molecule has 1 aliphatic rings. The summed E-state index contributed by atoms with van der Waals surface area (Å²) in [4.78, 5) is 21.5. The van der Waals surface area contributed by atoms with Crippen LogP contribution >= 0.6 is 0 Å². The third-order valence-corrected chi connectivity index (χ3v) is 5.55. The highest BCUT2D eigenvalue weighted by atomic mass is 16.2. The van der Waals surface area contributed by atoms with Gasteiger partial charge in [0.05, 0.1) is 17.1 Å². The molecule has 0 unspecified atom stereocenters. The number of aromatic nitrogens is 6. The number of nitrogens with one attached hydrogen (secondary N) is 2. The molecule has 8 nitrogen and oxygen atoms in total. The number of rotatable bonds is 5. The molecule has 1 fully saturated rings. The molecule has 1 aromatic carbocycles. The zero-order valence-electron chi connectivity index (χ0n) is 15.7. The number of nitrogens with zero attached hydrogens (tertiary/aromatic N) is 5. The average molecular weight is 367 g/mol. The molecule has 0 saturated heterocycles. The summed E-state index contributed by atoms with van der Waals surface area (Å²) in [6.45, 7) is 4.17. The van der Waals surface area contributed by atoms with E-state index in [2.05, 4.69) is 39.7 Å². The number of fused-ring (bicyclic) bond motifs is 1. The summed E-state index contributed by atoms with van der Waals surface area (Å²) in [6, 6.07) is 7.69. The lowest BCUT2D eigenvalue weighted by Gasteiger charge is -2.36. The van der Waals surface area contributed by atoms with Gasteiger partial charge in [-0.3, -0.25) is 4.79 Å². The number of imidazole rings is 1. The Balaban J connectivity index is 1.65. The highest BCUT2D eigenvalue weighted by Gasteiger charge is 2.43. The molecule has 2 N–H and O–H groups in total. The van der Waals surface area contributed by atoms with Gasteiger partial charge in [0.2, 0.25) is 5.91 Å². The molecule has 142 valence electrons. The Morgan fingerprint density at radius 3 is 2.67 bits per heavy atom. The number of carbonyl (C=O) groups excluding carboxylic acids is 1. The predicted molar refractivity (Wildman–Crippen MR) is 101 cm³/mol. The average Bonchev–Trinajstić information content (AvgIpc) is 3.35. The van der Waals surface area contributed by atoms with Crippen LogP contribution in [0.4, 0.5) is 0 Å². The van der Waals surface area contributed by atoms with Crippen LogP contribution in [0.2, 0.25) is 0 Å². The van der Waals surface area contributed by atoms with E-state index in [1.807, 2.05) is 24.3 Å². The summed E-state index contributed by atoms with van der Waals surface area (Å²) in [5.74, 6) is 0.930. The Hall–Kier alpha value is -2.77. The molecular weight excluding hydrogens is 342 g/mol. The second kappa shape index (κ2) is 7.09. The van der Waals surface area contributed by atoms with Crippen LogP contribution in [0.1, 0.15) is 57.8 Å². The fourth-order valence-electron chi connectivity index (χ4n) is 4.00. The van der Waals surface area contributed by atoms with Crippen LogP contribution < -0.4 is 5.32 Å². The van der Waals surface area contributed by atoms with E-state index in [-0.39, 0.29) is 17.9 Å². The molecule has 3 aromatic rings. The molecule has 0 spiro atoms. The van der Waals surface area contributed by atoms with Gasteiger partial charge in [-0.25, -0.2) is 9.67 Å². The summed E-state index contributed by atoms with van der Waals surface area (Å²) in [7, 11) is 0. The monoisotopic (exact) mass is 367 g/mol. The minimum Gasteiger partial charge on any atom is -0.344 e. The van der Waals surface area contributed by atoms with Crippen molar-refractivity contribution in [1.29, 1.82) is 0 Å². The van der Waals surface area contributed by atoms with Crippen LogP contribution in [0, 0.1) is 5.92 Å². The third-order valence-electron chi connectivity index (χ3n) is 5.55. The number of hydrogen-bond donors (Lipinski definition) is 2. The van der Waals surface area contributed by atoms with E-state index in [0.29, 0.717) is 0 Å². The lowest BCUT2D eigenvalue weighted by atomic mass is 9.80. The molecule has 27 heavy (non-hydrogen) atoms. The predicted octanol–water partition coefficient (Wildman–Crippen LogP) is 2.72. The SMILES string of the molecule is CC(C)[C@@H](NC(=O)C1(n2cnnn2)CCCCC1)c1nc2ccccc2[nH]1. The van der Waals surface area contributed by atoms with Gasteiger partial charge in [0.1, 0.15) is 17.7 Å². The molecule has 1 saturated carbocycles. The van der Waals surface area contributed by atoms with E-state index < -0.39 is 5.54 Å². The van der Waals surface area contributed by atoms with Gasteiger partial charge in [-0.15, -0.1) is 5.10 Å². The van der Waals surface area contributed by atoms with Gasteiger partial charge >= 0.3 is 0 Å². The molecule has 1 atom stereocenters. The molecule has 4 rings (SSSR count). The number of benzene rings is 1. The quantitative estimate of drug-likeness (QED) is 0.722. The van der Waals surface area contributed by atoms with Crippen LogP contribution in [0.25, 0.3) is 11.0 Å². The second-order valence-electron chi connectivity index (χ2n) is 7.68. The smallest absolute Gasteiger partial charge is 0.248 e. The van der Waals surface area contributed by atoms with E-state index in [9.17, 15) is 4.79 Å². The van der Waals surface area contributed by atoms with Gasteiger partial charge in [0.25, 0.3) is 0 Å². The standard InChI is InChI=1S/C19H25N7O/c1-13(2)16(17-21-14-8-4-5-9-15(14)22-17)23-18(27)19(10-6-3-7-11-19)26-12-20-24-25-26/h4-5,8-9,12-13,16H,3,6-7,10-11H2,1-2H3,(H,21,22)(H,23,27)/t16-/m1/s1. The number of para-hydroxylation sites is 2. The summed E-state index contributed by atoms with van der Waals surface area (Å²) >= 11 is 0. The second-order valence-corrected chi connectivity index (χ2v) is 7.68. The number of hydrogen-bond acceptors (Lipinski definition) is 5. The van der Waals surface area contributed by atoms with Crippen molar-refractivity contribution in [2.75, 3.05) is 0 Å². The zero-order chi connectivity index (χ0) is 18.9. The van der Waals surface area contributed by atoms with Gasteiger partial charge < -0.3 is 10.3 Å². The first kappa shape index (κ1) is 17.6. The van der Waals surface area contributed by atoms with E-state index in [1.54, 1.807) is 11.0 Å². The zero-order valence-corrected chi connectivity index (χ0v) is 15.7. The van der Waals surface area contributed by atoms with Crippen molar-refractivity contribution in [3.8, 4) is 0 Å². The van der Waals surface area contributed by atoms with Crippen molar-refractivity contribution in [1.82, 2.24) is 35.5 Å².